The zero-order valence-corrected chi connectivity index (χ0v) is 19.7. The third-order valence-corrected chi connectivity index (χ3v) is 7.14. The van der Waals surface area contributed by atoms with Crippen LogP contribution in [0.3, 0.4) is 0 Å². The van der Waals surface area contributed by atoms with Crippen molar-refractivity contribution in [3.63, 3.8) is 0 Å². The minimum absolute atomic E-state index is 0.126. The number of rotatable bonds is 8. The van der Waals surface area contributed by atoms with Gasteiger partial charge in [-0.15, -0.1) is 0 Å². The molecule has 1 aliphatic heterocycles. The monoisotopic (exact) mass is 481 g/mol. The molecule has 8 nitrogen and oxygen atoms in total. The molecule has 1 fully saturated rings. The van der Waals surface area contributed by atoms with Crippen LogP contribution in [-0.2, 0) is 33.2 Å². The molecule has 2 aromatic rings. The number of carbonyl (C=O) groups excluding carboxylic acids is 2. The molecule has 0 bridgehead atoms. The van der Waals surface area contributed by atoms with Crippen molar-refractivity contribution in [2.24, 2.45) is 13.0 Å². The summed E-state index contributed by atoms with van der Waals surface area (Å²) in [5.41, 5.74) is 1.40. The zero-order valence-electron chi connectivity index (χ0n) is 18.2. The lowest BCUT2D eigenvalue weighted by Gasteiger charge is -2.32. The normalized spacial score (nSPS) is 16.0. The highest BCUT2D eigenvalue weighted by atomic mass is 35.5. The fourth-order valence-corrected chi connectivity index (χ4v) is 5.42. The van der Waals surface area contributed by atoms with Gasteiger partial charge in [-0.25, -0.2) is 8.42 Å². The van der Waals surface area contributed by atoms with Crippen LogP contribution < -0.4 is 4.72 Å². The first-order valence-corrected chi connectivity index (χ1v) is 12.5. The van der Waals surface area contributed by atoms with Gasteiger partial charge in [0.15, 0.2) is 0 Å². The van der Waals surface area contributed by atoms with Crippen LogP contribution >= 0.6 is 11.6 Å². The first-order valence-electron chi connectivity index (χ1n) is 10.5. The first kappa shape index (κ1) is 24.3. The van der Waals surface area contributed by atoms with Crippen LogP contribution in [0.1, 0.15) is 35.8 Å². The molecule has 10 heteroatoms. The number of aryl methyl sites for hydroxylation is 1. The van der Waals surface area contributed by atoms with Crippen LogP contribution in [0.15, 0.2) is 42.6 Å². The summed E-state index contributed by atoms with van der Waals surface area (Å²) in [6.45, 7) is 2.64. The van der Waals surface area contributed by atoms with Gasteiger partial charge in [0.2, 0.25) is 10.0 Å². The van der Waals surface area contributed by atoms with Crippen LogP contribution in [0.4, 0.5) is 0 Å². The predicted molar refractivity (Wildman–Crippen MR) is 122 cm³/mol. The predicted octanol–water partition coefficient (Wildman–Crippen LogP) is 2.58. The molecule has 174 valence electrons. The number of aromatic nitrogens is 1. The summed E-state index contributed by atoms with van der Waals surface area (Å²) in [5.74, 6) is -1.11. The number of hydrogen-bond acceptors (Lipinski definition) is 5. The van der Waals surface area contributed by atoms with E-state index in [9.17, 15) is 18.0 Å². The van der Waals surface area contributed by atoms with E-state index in [0.29, 0.717) is 36.6 Å². The van der Waals surface area contributed by atoms with Crippen LogP contribution in [0, 0.1) is 5.92 Å². The Bertz CT molecular complexity index is 1050. The van der Waals surface area contributed by atoms with Crippen LogP contribution in [0.2, 0.25) is 5.02 Å². The van der Waals surface area contributed by atoms with Crippen molar-refractivity contribution in [3.05, 3.63) is 58.9 Å². The molecule has 1 aliphatic rings. The number of likely N-dealkylation sites (tertiary alicyclic amines) is 1. The molecule has 2 heterocycles. The lowest BCUT2D eigenvalue weighted by Crippen LogP contribution is -2.44. The van der Waals surface area contributed by atoms with E-state index in [1.54, 1.807) is 28.8 Å². The second-order valence-corrected chi connectivity index (χ2v) is 10.3. The Morgan fingerprint density at radius 1 is 1.22 bits per heavy atom. The Morgan fingerprint density at radius 2 is 1.88 bits per heavy atom. The Hall–Kier alpha value is -2.36. The van der Waals surface area contributed by atoms with Crippen molar-refractivity contribution in [2.45, 2.75) is 32.5 Å². The second-order valence-electron chi connectivity index (χ2n) is 8.08. The minimum Gasteiger partial charge on any atom is -0.364 e. The van der Waals surface area contributed by atoms with E-state index < -0.39 is 22.0 Å². The standard InChI is InChI=1S/C22H28ClN3O5S/c1-16(31-14-17-6-4-3-5-7-17)21(27)24-32(29,30)15-18-8-10-26(11-9-18)22(28)20-12-19(23)13-25(20)2/h3-7,12-13,16,18H,8-11,14-15H2,1-2H3,(H,24,27)/t16-/m1/s1. The summed E-state index contributed by atoms with van der Waals surface area (Å²) in [5, 5.41) is 0.495. The van der Waals surface area contributed by atoms with Crippen molar-refractivity contribution in [3.8, 4) is 0 Å². The van der Waals surface area contributed by atoms with E-state index in [4.69, 9.17) is 16.3 Å². The van der Waals surface area contributed by atoms with E-state index in [-0.39, 0.29) is 24.2 Å². The van der Waals surface area contributed by atoms with Crippen molar-refractivity contribution in [1.82, 2.24) is 14.2 Å². The number of piperidine rings is 1. The molecule has 0 radical (unpaired) electrons. The van der Waals surface area contributed by atoms with Gasteiger partial charge in [0.1, 0.15) is 11.8 Å². The SMILES string of the molecule is C[C@@H](OCc1ccccc1)C(=O)NS(=O)(=O)CC1CCN(C(=O)c2cc(Cl)cn2C)CC1. The van der Waals surface area contributed by atoms with Gasteiger partial charge in [0.25, 0.3) is 11.8 Å². The molecule has 0 aliphatic carbocycles. The Labute approximate surface area is 193 Å². The summed E-state index contributed by atoms with van der Waals surface area (Å²) in [6, 6.07) is 11.0. The maximum atomic E-state index is 12.7. The lowest BCUT2D eigenvalue weighted by molar-refractivity contribution is -0.130. The Kier molecular flexibility index (Phi) is 7.97. The van der Waals surface area contributed by atoms with Gasteiger partial charge in [-0.2, -0.15) is 0 Å². The summed E-state index contributed by atoms with van der Waals surface area (Å²) < 4.78 is 34.3. The van der Waals surface area contributed by atoms with Crippen molar-refractivity contribution < 1.29 is 22.7 Å². The number of ether oxygens (including phenoxy) is 1. The molecule has 1 aromatic heterocycles. The van der Waals surface area contributed by atoms with E-state index in [1.165, 1.54) is 6.92 Å². The van der Waals surface area contributed by atoms with Gasteiger partial charge >= 0.3 is 0 Å². The number of carbonyl (C=O) groups is 2. The van der Waals surface area contributed by atoms with Gasteiger partial charge < -0.3 is 14.2 Å². The van der Waals surface area contributed by atoms with Crippen molar-refractivity contribution in [2.75, 3.05) is 18.8 Å². The highest BCUT2D eigenvalue weighted by Gasteiger charge is 2.29. The molecule has 3 rings (SSSR count). The fraction of sp³-hybridized carbons (Fsp3) is 0.455. The summed E-state index contributed by atoms with van der Waals surface area (Å²) >= 11 is 5.96. The minimum atomic E-state index is -3.81. The molecule has 1 N–H and O–H groups in total. The number of nitrogens with one attached hydrogen (secondary N) is 1. The zero-order chi connectivity index (χ0) is 23.3. The van der Waals surface area contributed by atoms with Gasteiger partial charge in [-0.05, 0) is 37.3 Å². The number of hydrogen-bond donors (Lipinski definition) is 1. The van der Waals surface area contributed by atoms with Gasteiger partial charge in [0, 0.05) is 26.3 Å². The summed E-state index contributed by atoms with van der Waals surface area (Å²) in [7, 11) is -2.05. The van der Waals surface area contributed by atoms with Gasteiger partial charge in [-0.1, -0.05) is 41.9 Å². The molecule has 1 atom stereocenters. The smallest absolute Gasteiger partial charge is 0.270 e. The van der Waals surface area contributed by atoms with Crippen LogP contribution in [0.25, 0.3) is 0 Å². The molecule has 1 aromatic carbocycles. The third-order valence-electron chi connectivity index (χ3n) is 5.52. The number of sulfonamides is 1. The third kappa shape index (κ3) is 6.57. The van der Waals surface area contributed by atoms with E-state index >= 15 is 0 Å². The molecule has 32 heavy (non-hydrogen) atoms. The average molecular weight is 482 g/mol. The Balaban J connectivity index is 1.45. The second kappa shape index (κ2) is 10.5. The highest BCUT2D eigenvalue weighted by molar-refractivity contribution is 7.90. The van der Waals surface area contributed by atoms with E-state index in [0.717, 1.165) is 5.56 Å². The van der Waals surface area contributed by atoms with Crippen LogP contribution in [0.5, 0.6) is 0 Å². The molecular weight excluding hydrogens is 454 g/mol. The quantitative estimate of drug-likeness (QED) is 0.625. The molecule has 1 saturated heterocycles. The maximum absolute atomic E-state index is 12.7. The number of nitrogens with zero attached hydrogens (tertiary/aromatic N) is 2. The van der Waals surface area contributed by atoms with E-state index in [2.05, 4.69) is 4.72 Å². The average Bonchev–Trinajstić information content (AvgIpc) is 3.10. The largest absolute Gasteiger partial charge is 0.364 e. The molecule has 2 amide bonds. The number of amides is 2. The highest BCUT2D eigenvalue weighted by Crippen LogP contribution is 2.22. The van der Waals surface area contributed by atoms with Gasteiger partial charge in [0.05, 0.1) is 17.4 Å². The topological polar surface area (TPSA) is 97.7 Å². The number of halogens is 1. The van der Waals surface area contributed by atoms with E-state index in [1.807, 2.05) is 30.3 Å². The molecule has 0 saturated carbocycles. The summed E-state index contributed by atoms with van der Waals surface area (Å²) in [6.07, 6.45) is 1.85. The first-order chi connectivity index (χ1) is 15.1. The van der Waals surface area contributed by atoms with Crippen LogP contribution in [-0.4, -0.2) is 54.6 Å². The van der Waals surface area contributed by atoms with Crippen molar-refractivity contribution in [1.29, 1.82) is 0 Å². The molecule has 0 unspecified atom stereocenters. The maximum Gasteiger partial charge on any atom is 0.270 e. The molecule has 0 spiro atoms. The summed E-state index contributed by atoms with van der Waals surface area (Å²) in [4.78, 5) is 26.6. The fourth-order valence-electron chi connectivity index (χ4n) is 3.66. The molecular formula is C22H28ClN3O5S. The van der Waals surface area contributed by atoms with Crippen molar-refractivity contribution >= 4 is 33.4 Å². The Morgan fingerprint density at radius 3 is 2.47 bits per heavy atom. The lowest BCUT2D eigenvalue weighted by atomic mass is 9.99. The number of benzene rings is 1. The van der Waals surface area contributed by atoms with Gasteiger partial charge in [-0.3, -0.25) is 14.3 Å².